The van der Waals surface area contributed by atoms with Crippen LogP contribution in [-0.2, 0) is 4.74 Å². The van der Waals surface area contributed by atoms with Crippen molar-refractivity contribution in [2.75, 3.05) is 13.3 Å². The van der Waals surface area contributed by atoms with Crippen LogP contribution in [0, 0.1) is 0 Å². The molecule has 0 unspecified atom stereocenters. The Morgan fingerprint density at radius 2 is 1.45 bits per heavy atom. The van der Waals surface area contributed by atoms with Gasteiger partial charge in [-0.15, -0.1) is 0 Å². The van der Waals surface area contributed by atoms with Crippen molar-refractivity contribution in [3.8, 4) is 0 Å². The molecule has 2 aliphatic carbocycles. The Bertz CT molecular complexity index is 349. The third kappa shape index (κ3) is 3.82. The number of halogens is 1. The molecule has 0 aromatic carbocycles. The molecule has 2 fully saturated rings. The zero-order chi connectivity index (χ0) is 16.1. The van der Waals surface area contributed by atoms with Gasteiger partial charge in [0.15, 0.2) is 0 Å². The van der Waals surface area contributed by atoms with Gasteiger partial charge in [0.05, 0.1) is 0 Å². The Kier molecular flexibility index (Phi) is 7.02. The van der Waals surface area contributed by atoms with Crippen LogP contribution in [0.25, 0.3) is 0 Å². The molecule has 2 nitrogen and oxygen atoms in total. The first-order valence-electron chi connectivity index (χ1n) is 9.39. The third-order valence-electron chi connectivity index (χ3n) is 6.13. The summed E-state index contributed by atoms with van der Waals surface area (Å²) in [6.45, 7) is 5.17. The first-order valence-corrected chi connectivity index (χ1v) is 15.0. The molecular formula is C18H34IO2P. The van der Waals surface area contributed by atoms with Crippen LogP contribution in [0.1, 0.15) is 84.0 Å². The maximum absolute atomic E-state index is 13.3. The van der Waals surface area contributed by atoms with Gasteiger partial charge >= 0.3 is 150 Å². The second-order valence-electron chi connectivity index (χ2n) is 7.65. The van der Waals surface area contributed by atoms with Crippen molar-refractivity contribution >= 4 is 32.0 Å². The number of hydrogen-bond acceptors (Lipinski definition) is 2. The number of ether oxygens (including phenoxy) is 1. The topological polar surface area (TPSA) is 26.3 Å². The molecule has 0 saturated heterocycles. The zero-order valence-corrected chi connectivity index (χ0v) is 17.5. The molecule has 22 heavy (non-hydrogen) atoms. The minimum absolute atomic E-state index is 0.221. The number of rotatable bonds is 6. The van der Waals surface area contributed by atoms with Crippen molar-refractivity contribution in [1.82, 2.24) is 0 Å². The number of carbonyl (C=O) groups excluding carboxylic acids is 1. The molecule has 2 saturated carbocycles. The van der Waals surface area contributed by atoms with Crippen molar-refractivity contribution in [1.29, 1.82) is 0 Å². The third-order valence-corrected chi connectivity index (χ3v) is 17.7. The van der Waals surface area contributed by atoms with Crippen LogP contribution < -0.4 is 0 Å². The van der Waals surface area contributed by atoms with Crippen LogP contribution in [0.15, 0.2) is 0 Å². The minimum atomic E-state index is -2.49. The van der Waals surface area contributed by atoms with Crippen LogP contribution in [0.3, 0.4) is 0 Å². The average molecular weight is 440 g/mol. The van der Waals surface area contributed by atoms with E-state index in [9.17, 15) is 4.79 Å². The van der Waals surface area contributed by atoms with E-state index < -0.39 is 4.25 Å². The molecule has 130 valence electrons. The molecule has 0 aromatic heterocycles. The number of hydrogen-bond donors (Lipinski definition) is 0. The maximum atomic E-state index is 13.3. The Morgan fingerprint density at radius 1 is 1.00 bits per heavy atom. The molecule has 2 aliphatic rings. The SMILES string of the molecule is CCCCOC(=O)P(C)(I)(C1CCCCC1)C1CCCCC1. The number of carbonyl (C=O) groups is 1. The standard InChI is InChI=1S/C18H34IO2P/c1-3-4-15-21-18(20)22(2,19,16-11-7-5-8-12-16)17-13-9-6-10-14-17/h16-17H,3-15H2,1-2H3. The Balaban J connectivity index is 2.22. The average Bonchev–Trinajstić information content (AvgIpc) is 2.57. The normalized spacial score (nSPS) is 23.7. The predicted molar refractivity (Wildman–Crippen MR) is 107 cm³/mol. The van der Waals surface area contributed by atoms with Crippen LogP contribution >= 0.6 is 26.3 Å². The summed E-state index contributed by atoms with van der Waals surface area (Å²) in [6.07, 6.45) is 15.1. The van der Waals surface area contributed by atoms with E-state index in [1.807, 2.05) is 0 Å². The molecule has 0 amide bonds. The van der Waals surface area contributed by atoms with Crippen LogP contribution in [0.5, 0.6) is 0 Å². The van der Waals surface area contributed by atoms with E-state index in [1.54, 1.807) is 0 Å². The first kappa shape index (κ1) is 19.0. The van der Waals surface area contributed by atoms with E-state index >= 15 is 0 Å². The second-order valence-corrected chi connectivity index (χ2v) is 20.3. The van der Waals surface area contributed by atoms with Crippen LogP contribution in [0.4, 0.5) is 4.79 Å². The van der Waals surface area contributed by atoms with E-state index in [1.165, 1.54) is 64.2 Å². The Morgan fingerprint density at radius 3 is 1.86 bits per heavy atom. The molecule has 0 bridgehead atoms. The monoisotopic (exact) mass is 440 g/mol. The van der Waals surface area contributed by atoms with Gasteiger partial charge in [-0.05, 0) is 0 Å². The predicted octanol–water partition coefficient (Wildman–Crippen LogP) is 7.12. The number of unbranched alkanes of at least 4 members (excludes halogenated alkanes) is 1. The summed E-state index contributed by atoms with van der Waals surface area (Å²) in [5.41, 5.74) is 1.47. The van der Waals surface area contributed by atoms with Gasteiger partial charge in [0.2, 0.25) is 0 Å². The van der Waals surface area contributed by atoms with Crippen molar-refractivity contribution in [2.45, 2.75) is 95.3 Å². The zero-order valence-electron chi connectivity index (χ0n) is 14.5. The van der Waals surface area contributed by atoms with Crippen LogP contribution in [0.2, 0.25) is 0 Å². The molecular weight excluding hydrogens is 406 g/mol. The fraction of sp³-hybridized carbons (Fsp3) is 0.944. The van der Waals surface area contributed by atoms with Gasteiger partial charge in [-0.25, -0.2) is 0 Å². The van der Waals surface area contributed by atoms with E-state index in [-0.39, 0.29) is 5.71 Å². The van der Waals surface area contributed by atoms with Gasteiger partial charge in [0, 0.05) is 0 Å². The molecule has 0 aliphatic heterocycles. The molecule has 0 aromatic rings. The molecule has 0 heterocycles. The van der Waals surface area contributed by atoms with Gasteiger partial charge in [-0.1, -0.05) is 0 Å². The summed E-state index contributed by atoms with van der Waals surface area (Å²) in [4.78, 5) is 13.3. The Labute approximate surface area is 149 Å². The van der Waals surface area contributed by atoms with E-state index in [0.29, 0.717) is 17.9 Å². The summed E-state index contributed by atoms with van der Waals surface area (Å²) >= 11 is 2.68. The van der Waals surface area contributed by atoms with Gasteiger partial charge in [-0.3, -0.25) is 0 Å². The summed E-state index contributed by atoms with van der Waals surface area (Å²) < 4.78 is 3.38. The molecule has 2 rings (SSSR count). The van der Waals surface area contributed by atoms with Crippen molar-refractivity contribution in [3.63, 3.8) is 0 Å². The molecule has 0 radical (unpaired) electrons. The van der Waals surface area contributed by atoms with Gasteiger partial charge in [0.1, 0.15) is 0 Å². The quantitative estimate of drug-likeness (QED) is 0.250. The van der Waals surface area contributed by atoms with Crippen LogP contribution in [-0.4, -0.2) is 30.3 Å². The van der Waals surface area contributed by atoms with Crippen molar-refractivity contribution < 1.29 is 9.53 Å². The molecule has 0 atom stereocenters. The molecule has 0 N–H and O–H groups in total. The summed E-state index contributed by atoms with van der Waals surface area (Å²) in [6, 6.07) is 0. The Hall–Kier alpha value is 0.630. The van der Waals surface area contributed by atoms with E-state index in [0.717, 1.165) is 12.8 Å². The summed E-state index contributed by atoms with van der Waals surface area (Å²) in [5.74, 6) is 0. The first-order chi connectivity index (χ1) is 10.5. The molecule has 4 heteroatoms. The summed E-state index contributed by atoms with van der Waals surface area (Å²) in [5, 5.41) is 0. The molecule has 0 spiro atoms. The summed E-state index contributed by atoms with van der Waals surface area (Å²) in [7, 11) is 0. The van der Waals surface area contributed by atoms with Crippen molar-refractivity contribution in [2.24, 2.45) is 0 Å². The van der Waals surface area contributed by atoms with E-state index in [2.05, 4.69) is 35.6 Å². The van der Waals surface area contributed by atoms with Gasteiger partial charge in [0.25, 0.3) is 0 Å². The fourth-order valence-corrected chi connectivity index (χ4v) is 13.1. The van der Waals surface area contributed by atoms with Crippen molar-refractivity contribution in [3.05, 3.63) is 0 Å². The van der Waals surface area contributed by atoms with E-state index in [4.69, 9.17) is 4.74 Å². The fourth-order valence-electron chi connectivity index (χ4n) is 4.49. The van der Waals surface area contributed by atoms with Gasteiger partial charge < -0.3 is 0 Å². The van der Waals surface area contributed by atoms with Gasteiger partial charge in [-0.2, -0.15) is 0 Å². The second kappa shape index (κ2) is 8.14.